The van der Waals surface area contributed by atoms with Crippen LogP contribution in [0, 0.1) is 12.8 Å². The van der Waals surface area contributed by atoms with Crippen molar-refractivity contribution in [1.29, 1.82) is 0 Å². The number of rotatable bonds is 5. The summed E-state index contributed by atoms with van der Waals surface area (Å²) < 4.78 is 2.09. The first-order valence-electron chi connectivity index (χ1n) is 6.99. The lowest BCUT2D eigenvalue weighted by Crippen LogP contribution is -2.25. The van der Waals surface area contributed by atoms with Crippen LogP contribution in [0.15, 0.2) is 21.7 Å². The summed E-state index contributed by atoms with van der Waals surface area (Å²) in [6, 6.07) is 0.0421. The Labute approximate surface area is 135 Å². The number of aryl methyl sites for hydroxylation is 1. The van der Waals surface area contributed by atoms with E-state index in [0.29, 0.717) is 16.1 Å². The summed E-state index contributed by atoms with van der Waals surface area (Å²) in [7, 11) is 0. The van der Waals surface area contributed by atoms with Crippen molar-refractivity contribution in [3.63, 3.8) is 0 Å². The summed E-state index contributed by atoms with van der Waals surface area (Å²) in [5.41, 5.74) is 0.641. The van der Waals surface area contributed by atoms with E-state index in [4.69, 9.17) is 0 Å². The minimum absolute atomic E-state index is 0.0421. The highest BCUT2D eigenvalue weighted by Crippen LogP contribution is 2.30. The topological polar surface area (TPSA) is 59.8 Å². The van der Waals surface area contributed by atoms with Crippen LogP contribution in [0.25, 0.3) is 0 Å². The number of halogens is 1. The van der Waals surface area contributed by atoms with Gasteiger partial charge in [-0.3, -0.25) is 4.79 Å². The van der Waals surface area contributed by atoms with Crippen molar-refractivity contribution in [1.82, 2.24) is 14.8 Å². The Kier molecular flexibility index (Phi) is 4.12. The minimum atomic E-state index is -0.0746. The predicted molar refractivity (Wildman–Crippen MR) is 87.8 cm³/mol. The first-order valence-corrected chi connectivity index (χ1v) is 8.60. The van der Waals surface area contributed by atoms with E-state index >= 15 is 0 Å². The second-order valence-electron chi connectivity index (χ2n) is 5.48. The molecule has 2 aromatic rings. The molecule has 3 rings (SSSR count). The van der Waals surface area contributed by atoms with Crippen LogP contribution in [0.5, 0.6) is 0 Å². The van der Waals surface area contributed by atoms with Gasteiger partial charge in [0.25, 0.3) is 5.56 Å². The maximum atomic E-state index is 12.3. The SMILES string of the molecule is Cc1cnc(C(C)Nc2cnn(CC3CC3)c(=O)c2Br)s1. The first kappa shape index (κ1) is 14.7. The number of aromatic nitrogens is 3. The molecule has 1 aliphatic rings. The molecule has 1 aliphatic carbocycles. The van der Waals surface area contributed by atoms with Crippen LogP contribution in [0.1, 0.15) is 35.7 Å². The molecule has 1 saturated carbocycles. The van der Waals surface area contributed by atoms with Crippen molar-refractivity contribution >= 4 is 33.0 Å². The molecule has 2 heterocycles. The fourth-order valence-corrected chi connectivity index (χ4v) is 3.31. The molecule has 0 spiro atoms. The lowest BCUT2D eigenvalue weighted by atomic mass is 10.3. The standard InChI is InChI=1S/C14H17BrN4OS/c1-8-5-16-13(21-8)9(2)18-11-6-17-19(7-10-3-4-10)14(20)12(11)15/h5-6,9-10,18H,3-4,7H2,1-2H3. The molecular weight excluding hydrogens is 352 g/mol. The largest absolute Gasteiger partial charge is 0.374 e. The van der Waals surface area contributed by atoms with Gasteiger partial charge in [0.05, 0.1) is 17.9 Å². The van der Waals surface area contributed by atoms with E-state index in [2.05, 4.69) is 31.3 Å². The van der Waals surface area contributed by atoms with Gasteiger partial charge in [-0.2, -0.15) is 5.10 Å². The lowest BCUT2D eigenvalue weighted by Gasteiger charge is -2.14. The van der Waals surface area contributed by atoms with Crippen molar-refractivity contribution in [3.8, 4) is 0 Å². The highest BCUT2D eigenvalue weighted by Gasteiger charge is 2.23. The summed E-state index contributed by atoms with van der Waals surface area (Å²) in [5, 5.41) is 8.57. The maximum Gasteiger partial charge on any atom is 0.283 e. The van der Waals surface area contributed by atoms with Crippen LogP contribution >= 0.6 is 27.3 Å². The van der Waals surface area contributed by atoms with Gasteiger partial charge in [-0.25, -0.2) is 9.67 Å². The number of nitrogens with one attached hydrogen (secondary N) is 1. The Morgan fingerprint density at radius 1 is 1.52 bits per heavy atom. The number of hydrogen-bond acceptors (Lipinski definition) is 5. The van der Waals surface area contributed by atoms with E-state index in [0.717, 1.165) is 11.6 Å². The molecule has 1 atom stereocenters. The zero-order valence-electron chi connectivity index (χ0n) is 12.0. The van der Waals surface area contributed by atoms with Gasteiger partial charge in [-0.05, 0) is 48.5 Å². The van der Waals surface area contributed by atoms with Gasteiger partial charge in [0.15, 0.2) is 0 Å². The third-order valence-corrected chi connectivity index (χ3v) is 5.36. The summed E-state index contributed by atoms with van der Waals surface area (Å²) in [5.74, 6) is 0.623. The first-order chi connectivity index (χ1) is 10.0. The Morgan fingerprint density at radius 2 is 2.29 bits per heavy atom. The quantitative estimate of drug-likeness (QED) is 0.878. The average Bonchev–Trinajstić information content (AvgIpc) is 3.17. The zero-order chi connectivity index (χ0) is 15.0. The van der Waals surface area contributed by atoms with Crippen molar-refractivity contribution in [2.24, 2.45) is 5.92 Å². The Balaban J connectivity index is 1.79. The highest BCUT2D eigenvalue weighted by atomic mass is 79.9. The zero-order valence-corrected chi connectivity index (χ0v) is 14.4. The van der Waals surface area contributed by atoms with Crippen LogP contribution in [0.2, 0.25) is 0 Å². The van der Waals surface area contributed by atoms with Gasteiger partial charge >= 0.3 is 0 Å². The second-order valence-corrected chi connectivity index (χ2v) is 7.54. The Bertz CT molecular complexity index is 707. The molecule has 0 aromatic carbocycles. The van der Waals surface area contributed by atoms with Crippen molar-refractivity contribution < 1.29 is 0 Å². The van der Waals surface area contributed by atoms with Crippen LogP contribution in [0.4, 0.5) is 5.69 Å². The average molecular weight is 369 g/mol. The fourth-order valence-electron chi connectivity index (χ4n) is 2.11. The molecule has 1 N–H and O–H groups in total. The molecule has 5 nitrogen and oxygen atoms in total. The molecule has 21 heavy (non-hydrogen) atoms. The predicted octanol–water partition coefficient (Wildman–Crippen LogP) is 3.35. The van der Waals surface area contributed by atoms with Crippen LogP contribution in [0.3, 0.4) is 0 Å². The molecule has 7 heteroatoms. The highest BCUT2D eigenvalue weighted by molar-refractivity contribution is 9.10. The van der Waals surface area contributed by atoms with Gasteiger partial charge in [-0.15, -0.1) is 11.3 Å². The van der Waals surface area contributed by atoms with Gasteiger partial charge < -0.3 is 5.32 Å². The van der Waals surface area contributed by atoms with E-state index in [1.54, 1.807) is 22.2 Å². The van der Waals surface area contributed by atoms with Crippen molar-refractivity contribution in [3.05, 3.63) is 37.1 Å². The molecule has 1 fully saturated rings. The minimum Gasteiger partial charge on any atom is -0.374 e. The molecule has 2 aromatic heterocycles. The Morgan fingerprint density at radius 3 is 2.90 bits per heavy atom. The summed E-state index contributed by atoms with van der Waals surface area (Å²) in [4.78, 5) is 17.8. The lowest BCUT2D eigenvalue weighted by molar-refractivity contribution is 0.531. The summed E-state index contributed by atoms with van der Waals surface area (Å²) in [6.45, 7) is 4.78. The molecule has 0 radical (unpaired) electrons. The maximum absolute atomic E-state index is 12.3. The molecule has 0 saturated heterocycles. The summed E-state index contributed by atoms with van der Waals surface area (Å²) in [6.07, 6.45) is 5.97. The molecule has 1 unspecified atom stereocenters. The normalized spacial score (nSPS) is 16.0. The number of nitrogens with zero attached hydrogens (tertiary/aromatic N) is 3. The second kappa shape index (κ2) is 5.88. The molecule has 0 amide bonds. The monoisotopic (exact) mass is 368 g/mol. The smallest absolute Gasteiger partial charge is 0.283 e. The van der Waals surface area contributed by atoms with Crippen LogP contribution in [-0.2, 0) is 6.54 Å². The van der Waals surface area contributed by atoms with E-state index in [1.165, 1.54) is 17.7 Å². The van der Waals surface area contributed by atoms with Crippen LogP contribution in [-0.4, -0.2) is 14.8 Å². The van der Waals surface area contributed by atoms with Crippen LogP contribution < -0.4 is 10.9 Å². The van der Waals surface area contributed by atoms with E-state index in [-0.39, 0.29) is 11.6 Å². The van der Waals surface area contributed by atoms with E-state index in [9.17, 15) is 4.79 Å². The van der Waals surface area contributed by atoms with Crippen molar-refractivity contribution in [2.75, 3.05) is 5.32 Å². The number of hydrogen-bond donors (Lipinski definition) is 1. The third kappa shape index (κ3) is 3.35. The van der Waals surface area contributed by atoms with Gasteiger partial charge in [-0.1, -0.05) is 0 Å². The number of thiazole rings is 1. The molecular formula is C14H17BrN4OS. The molecule has 0 bridgehead atoms. The van der Waals surface area contributed by atoms with Gasteiger partial charge in [0.1, 0.15) is 9.48 Å². The molecule has 0 aliphatic heterocycles. The summed E-state index contributed by atoms with van der Waals surface area (Å²) >= 11 is 5.05. The van der Waals surface area contributed by atoms with Crippen molar-refractivity contribution in [2.45, 2.75) is 39.3 Å². The molecule has 112 valence electrons. The number of anilines is 1. The van der Waals surface area contributed by atoms with Gasteiger partial charge in [0, 0.05) is 17.6 Å². The van der Waals surface area contributed by atoms with Gasteiger partial charge in [0.2, 0.25) is 0 Å². The third-order valence-electron chi connectivity index (χ3n) is 3.49. The van der Waals surface area contributed by atoms with E-state index in [1.807, 2.05) is 20.0 Å². The fraction of sp³-hybridized carbons (Fsp3) is 0.500. The Hall–Kier alpha value is -1.21. The van der Waals surface area contributed by atoms with E-state index < -0.39 is 0 Å².